The highest BCUT2D eigenvalue weighted by atomic mass is 32.2. The SMILES string of the molecule is CC1(O)C[C@H](c2ccccc2)S[C@@H](c2ccccc2)C1. The molecule has 2 heteroatoms. The fraction of sp³-hybridized carbons (Fsp3) is 0.333. The number of benzene rings is 2. The van der Waals surface area contributed by atoms with Crippen LogP contribution in [-0.2, 0) is 0 Å². The Morgan fingerprint density at radius 2 is 1.25 bits per heavy atom. The predicted molar refractivity (Wildman–Crippen MR) is 85.8 cm³/mol. The molecule has 20 heavy (non-hydrogen) atoms. The van der Waals surface area contributed by atoms with E-state index < -0.39 is 5.60 Å². The van der Waals surface area contributed by atoms with Crippen LogP contribution < -0.4 is 0 Å². The number of thioether (sulfide) groups is 1. The Balaban J connectivity index is 1.87. The molecule has 0 aromatic heterocycles. The van der Waals surface area contributed by atoms with E-state index in [2.05, 4.69) is 48.5 Å². The van der Waals surface area contributed by atoms with E-state index in [1.165, 1.54) is 11.1 Å². The van der Waals surface area contributed by atoms with Crippen molar-refractivity contribution in [3.05, 3.63) is 71.8 Å². The molecule has 2 atom stereocenters. The first-order valence-corrected chi connectivity index (χ1v) is 8.06. The van der Waals surface area contributed by atoms with Crippen molar-refractivity contribution < 1.29 is 5.11 Å². The van der Waals surface area contributed by atoms with Gasteiger partial charge in [-0.15, -0.1) is 11.8 Å². The lowest BCUT2D eigenvalue weighted by Gasteiger charge is -2.39. The topological polar surface area (TPSA) is 20.2 Å². The minimum atomic E-state index is -0.591. The largest absolute Gasteiger partial charge is 0.390 e. The molecule has 1 heterocycles. The van der Waals surface area contributed by atoms with E-state index in [1.807, 2.05) is 30.8 Å². The average Bonchev–Trinajstić information content (AvgIpc) is 2.47. The Morgan fingerprint density at radius 3 is 1.65 bits per heavy atom. The van der Waals surface area contributed by atoms with Crippen molar-refractivity contribution in [1.29, 1.82) is 0 Å². The van der Waals surface area contributed by atoms with Gasteiger partial charge in [0.25, 0.3) is 0 Å². The van der Waals surface area contributed by atoms with Gasteiger partial charge >= 0.3 is 0 Å². The van der Waals surface area contributed by atoms with Gasteiger partial charge in [-0.3, -0.25) is 0 Å². The van der Waals surface area contributed by atoms with Crippen molar-refractivity contribution in [3.8, 4) is 0 Å². The van der Waals surface area contributed by atoms with Crippen LogP contribution in [0.15, 0.2) is 60.7 Å². The molecule has 0 saturated carbocycles. The number of rotatable bonds is 2. The minimum absolute atomic E-state index is 0.366. The maximum Gasteiger partial charge on any atom is 0.0647 e. The zero-order valence-corrected chi connectivity index (χ0v) is 12.5. The molecule has 0 spiro atoms. The molecule has 1 saturated heterocycles. The second kappa shape index (κ2) is 5.63. The number of hydrogen-bond donors (Lipinski definition) is 1. The predicted octanol–water partition coefficient (Wildman–Crippen LogP) is 4.75. The second-order valence-electron chi connectivity index (χ2n) is 5.84. The van der Waals surface area contributed by atoms with Crippen LogP contribution in [-0.4, -0.2) is 10.7 Å². The van der Waals surface area contributed by atoms with Crippen LogP contribution in [0.3, 0.4) is 0 Å². The molecule has 1 aliphatic heterocycles. The summed E-state index contributed by atoms with van der Waals surface area (Å²) in [6.07, 6.45) is 1.65. The number of hydrogen-bond acceptors (Lipinski definition) is 2. The van der Waals surface area contributed by atoms with Crippen LogP contribution in [0, 0.1) is 0 Å². The summed E-state index contributed by atoms with van der Waals surface area (Å²) in [7, 11) is 0. The van der Waals surface area contributed by atoms with Crippen molar-refractivity contribution in [2.24, 2.45) is 0 Å². The van der Waals surface area contributed by atoms with Crippen molar-refractivity contribution in [2.45, 2.75) is 35.9 Å². The summed E-state index contributed by atoms with van der Waals surface area (Å²) < 4.78 is 0. The zero-order chi connectivity index (χ0) is 14.0. The first kappa shape index (κ1) is 13.7. The molecule has 0 radical (unpaired) electrons. The van der Waals surface area contributed by atoms with E-state index in [4.69, 9.17) is 0 Å². The Labute approximate surface area is 125 Å². The molecule has 0 amide bonds. The van der Waals surface area contributed by atoms with Crippen molar-refractivity contribution in [2.75, 3.05) is 0 Å². The van der Waals surface area contributed by atoms with Gasteiger partial charge < -0.3 is 5.11 Å². The summed E-state index contributed by atoms with van der Waals surface area (Å²) in [4.78, 5) is 0. The fourth-order valence-corrected chi connectivity index (χ4v) is 4.84. The molecule has 0 bridgehead atoms. The van der Waals surface area contributed by atoms with Crippen LogP contribution >= 0.6 is 11.8 Å². The Morgan fingerprint density at radius 1 is 0.850 bits per heavy atom. The molecule has 1 N–H and O–H groups in total. The van der Waals surface area contributed by atoms with E-state index in [0.717, 1.165) is 12.8 Å². The third kappa shape index (κ3) is 3.08. The summed E-state index contributed by atoms with van der Waals surface area (Å²) in [5, 5.41) is 11.4. The molecule has 2 aromatic rings. The third-order valence-electron chi connectivity index (χ3n) is 3.92. The first-order valence-electron chi connectivity index (χ1n) is 7.12. The molecule has 0 aliphatic carbocycles. The van der Waals surface area contributed by atoms with Gasteiger partial charge in [-0.25, -0.2) is 0 Å². The lowest BCUT2D eigenvalue weighted by molar-refractivity contribution is 0.0365. The summed E-state index contributed by atoms with van der Waals surface area (Å²) >= 11 is 1.98. The van der Waals surface area contributed by atoms with Gasteiger partial charge in [0.2, 0.25) is 0 Å². The van der Waals surface area contributed by atoms with Crippen LogP contribution in [0.5, 0.6) is 0 Å². The highest BCUT2D eigenvalue weighted by Gasteiger charge is 2.37. The number of aliphatic hydroxyl groups is 1. The minimum Gasteiger partial charge on any atom is -0.390 e. The summed E-state index contributed by atoms with van der Waals surface area (Å²) in [5.74, 6) is 0. The second-order valence-corrected chi connectivity index (χ2v) is 7.25. The van der Waals surface area contributed by atoms with Crippen LogP contribution in [0.1, 0.15) is 41.4 Å². The summed E-state index contributed by atoms with van der Waals surface area (Å²) in [6.45, 7) is 1.97. The lowest BCUT2D eigenvalue weighted by Crippen LogP contribution is -2.32. The van der Waals surface area contributed by atoms with Gasteiger partial charge in [0.1, 0.15) is 0 Å². The Bertz CT molecular complexity index is 501. The van der Waals surface area contributed by atoms with Crippen molar-refractivity contribution in [1.82, 2.24) is 0 Å². The molecular formula is C18H20OS. The van der Waals surface area contributed by atoms with Gasteiger partial charge in [-0.2, -0.15) is 0 Å². The van der Waals surface area contributed by atoms with E-state index in [9.17, 15) is 5.11 Å². The molecule has 0 unspecified atom stereocenters. The standard InChI is InChI=1S/C18H20OS/c1-18(19)12-16(14-8-4-2-5-9-14)20-17(13-18)15-10-6-3-7-11-15/h2-11,16-17,19H,12-13H2,1H3/t16-,17-/m1/s1. The van der Waals surface area contributed by atoms with Gasteiger partial charge in [0, 0.05) is 10.5 Å². The molecular weight excluding hydrogens is 264 g/mol. The van der Waals surface area contributed by atoms with E-state index in [0.29, 0.717) is 10.5 Å². The van der Waals surface area contributed by atoms with Crippen LogP contribution in [0.2, 0.25) is 0 Å². The zero-order valence-electron chi connectivity index (χ0n) is 11.7. The monoisotopic (exact) mass is 284 g/mol. The summed E-state index contributed by atoms with van der Waals surface area (Å²) in [5.41, 5.74) is 2.04. The highest BCUT2D eigenvalue weighted by molar-refractivity contribution is 7.99. The van der Waals surface area contributed by atoms with Gasteiger partial charge in [-0.05, 0) is 30.9 Å². The maximum atomic E-state index is 10.6. The van der Waals surface area contributed by atoms with Crippen LogP contribution in [0.25, 0.3) is 0 Å². The first-order chi connectivity index (χ1) is 9.64. The van der Waals surface area contributed by atoms with Gasteiger partial charge in [0.15, 0.2) is 0 Å². The molecule has 1 nitrogen and oxygen atoms in total. The Kier molecular flexibility index (Phi) is 3.86. The fourth-order valence-electron chi connectivity index (χ4n) is 2.90. The highest BCUT2D eigenvalue weighted by Crippen LogP contribution is 2.53. The quantitative estimate of drug-likeness (QED) is 0.859. The molecule has 104 valence electrons. The maximum absolute atomic E-state index is 10.6. The lowest BCUT2D eigenvalue weighted by atomic mass is 9.89. The third-order valence-corrected chi connectivity index (χ3v) is 5.46. The molecule has 3 rings (SSSR count). The van der Waals surface area contributed by atoms with Gasteiger partial charge in [-0.1, -0.05) is 60.7 Å². The molecule has 1 fully saturated rings. The van der Waals surface area contributed by atoms with E-state index in [1.54, 1.807) is 0 Å². The van der Waals surface area contributed by atoms with Crippen molar-refractivity contribution >= 4 is 11.8 Å². The Hall–Kier alpha value is -1.25. The van der Waals surface area contributed by atoms with Gasteiger partial charge in [0.05, 0.1) is 5.60 Å². The van der Waals surface area contributed by atoms with Crippen molar-refractivity contribution in [3.63, 3.8) is 0 Å². The normalized spacial score (nSPS) is 30.1. The smallest absolute Gasteiger partial charge is 0.0647 e. The molecule has 1 aliphatic rings. The van der Waals surface area contributed by atoms with E-state index >= 15 is 0 Å². The van der Waals surface area contributed by atoms with Crippen LogP contribution in [0.4, 0.5) is 0 Å². The summed E-state index contributed by atoms with van der Waals surface area (Å²) in [6, 6.07) is 21.1. The average molecular weight is 284 g/mol. The molecule has 2 aromatic carbocycles. The van der Waals surface area contributed by atoms with E-state index in [-0.39, 0.29) is 0 Å².